The van der Waals surface area contributed by atoms with Gasteiger partial charge in [-0.1, -0.05) is 60.7 Å². The van der Waals surface area contributed by atoms with Crippen LogP contribution in [0.1, 0.15) is 26.3 Å². The van der Waals surface area contributed by atoms with Crippen LogP contribution in [0.4, 0.5) is 5.69 Å². The molecule has 0 saturated heterocycles. The normalized spacial score (nSPS) is 10.2. The van der Waals surface area contributed by atoms with Crippen LogP contribution in [0.2, 0.25) is 0 Å². The van der Waals surface area contributed by atoms with E-state index in [1.54, 1.807) is 66.7 Å². The number of amides is 1. The number of anilines is 1. The minimum absolute atomic E-state index is 0.0299. The molecule has 0 unspecified atom stereocenters. The lowest BCUT2D eigenvalue weighted by molar-refractivity contribution is 0.0996. The molecule has 0 aromatic heterocycles. The third-order valence-corrected chi connectivity index (χ3v) is 3.60. The largest absolute Gasteiger partial charge is 0.506 e. The molecule has 2 N–H and O–H groups in total. The second kappa shape index (κ2) is 6.79. The highest BCUT2D eigenvalue weighted by molar-refractivity contribution is 6.17. The number of para-hydroxylation sites is 2. The fourth-order valence-electron chi connectivity index (χ4n) is 2.39. The summed E-state index contributed by atoms with van der Waals surface area (Å²) in [6.45, 7) is 0. The molecule has 0 aliphatic carbocycles. The molecule has 0 radical (unpaired) electrons. The quantitative estimate of drug-likeness (QED) is 0.567. The van der Waals surface area contributed by atoms with Crippen LogP contribution in [0.15, 0.2) is 78.9 Å². The van der Waals surface area contributed by atoms with E-state index in [0.717, 1.165) is 0 Å². The van der Waals surface area contributed by atoms with E-state index >= 15 is 0 Å². The monoisotopic (exact) mass is 317 g/mol. The minimum atomic E-state index is -0.448. The van der Waals surface area contributed by atoms with Gasteiger partial charge in [0.1, 0.15) is 5.75 Å². The number of aromatic hydroxyl groups is 1. The van der Waals surface area contributed by atoms with Crippen LogP contribution in [0, 0.1) is 0 Å². The molecule has 0 aliphatic rings. The van der Waals surface area contributed by atoms with Crippen molar-refractivity contribution in [2.24, 2.45) is 0 Å². The standard InChI is InChI=1S/C20H15NO3/c22-18-13-7-6-12-17(18)21-20(24)16-11-5-4-10-15(16)19(23)14-8-2-1-3-9-14/h1-13,22H,(H,21,24). The smallest absolute Gasteiger partial charge is 0.256 e. The Morgan fingerprint density at radius 1 is 0.708 bits per heavy atom. The van der Waals surface area contributed by atoms with Crippen LogP contribution >= 0.6 is 0 Å². The highest BCUT2D eigenvalue weighted by Gasteiger charge is 2.18. The van der Waals surface area contributed by atoms with Crippen LogP contribution in [-0.4, -0.2) is 16.8 Å². The Labute approximate surface area is 139 Å². The Morgan fingerprint density at radius 2 is 1.29 bits per heavy atom. The summed E-state index contributed by atoms with van der Waals surface area (Å²) >= 11 is 0. The van der Waals surface area contributed by atoms with E-state index in [9.17, 15) is 14.7 Å². The molecule has 0 atom stereocenters. The number of hydrogen-bond acceptors (Lipinski definition) is 3. The summed E-state index contributed by atoms with van der Waals surface area (Å²) < 4.78 is 0. The van der Waals surface area contributed by atoms with Gasteiger partial charge in [0.25, 0.3) is 5.91 Å². The van der Waals surface area contributed by atoms with Gasteiger partial charge in [0.2, 0.25) is 0 Å². The Hall–Kier alpha value is -3.40. The van der Waals surface area contributed by atoms with Gasteiger partial charge >= 0.3 is 0 Å². The zero-order chi connectivity index (χ0) is 16.9. The highest BCUT2D eigenvalue weighted by atomic mass is 16.3. The maximum absolute atomic E-state index is 12.7. The first kappa shape index (κ1) is 15.5. The van der Waals surface area contributed by atoms with Gasteiger partial charge < -0.3 is 10.4 Å². The Kier molecular flexibility index (Phi) is 4.38. The summed E-state index contributed by atoms with van der Waals surface area (Å²) in [5, 5.41) is 12.4. The molecule has 3 aromatic rings. The van der Waals surface area contributed by atoms with E-state index in [1.807, 2.05) is 6.07 Å². The van der Waals surface area contributed by atoms with E-state index < -0.39 is 5.91 Å². The fraction of sp³-hybridized carbons (Fsp3) is 0. The van der Waals surface area contributed by atoms with Gasteiger partial charge in [-0.2, -0.15) is 0 Å². The van der Waals surface area contributed by atoms with Gasteiger partial charge in [-0.3, -0.25) is 9.59 Å². The van der Waals surface area contributed by atoms with Gasteiger partial charge in [-0.05, 0) is 18.2 Å². The molecule has 3 rings (SSSR count). The lowest BCUT2D eigenvalue weighted by Gasteiger charge is -2.10. The molecule has 0 fully saturated rings. The molecular formula is C20H15NO3. The van der Waals surface area contributed by atoms with Crippen molar-refractivity contribution in [3.63, 3.8) is 0 Å². The summed E-state index contributed by atoms with van der Waals surface area (Å²) in [5.41, 5.74) is 1.39. The Bertz CT molecular complexity index is 888. The summed E-state index contributed by atoms with van der Waals surface area (Å²) in [6.07, 6.45) is 0. The molecule has 0 aliphatic heterocycles. The predicted molar refractivity (Wildman–Crippen MR) is 92.4 cm³/mol. The fourth-order valence-corrected chi connectivity index (χ4v) is 2.39. The number of carbonyl (C=O) groups excluding carboxylic acids is 2. The van der Waals surface area contributed by atoms with Crippen LogP contribution < -0.4 is 5.32 Å². The van der Waals surface area contributed by atoms with Crippen LogP contribution in [0.3, 0.4) is 0 Å². The second-order valence-corrected chi connectivity index (χ2v) is 5.21. The second-order valence-electron chi connectivity index (χ2n) is 5.21. The van der Waals surface area contributed by atoms with Gasteiger partial charge in [0.05, 0.1) is 11.3 Å². The van der Waals surface area contributed by atoms with Gasteiger partial charge in [-0.15, -0.1) is 0 Å². The maximum atomic E-state index is 12.7. The molecule has 0 spiro atoms. The number of ketones is 1. The van der Waals surface area contributed by atoms with Crippen molar-refractivity contribution in [3.8, 4) is 5.75 Å². The zero-order valence-corrected chi connectivity index (χ0v) is 12.8. The third kappa shape index (κ3) is 3.17. The number of benzene rings is 3. The Balaban J connectivity index is 1.93. The summed E-state index contributed by atoms with van der Waals surface area (Å²) in [7, 11) is 0. The molecule has 118 valence electrons. The number of carbonyl (C=O) groups is 2. The first-order chi connectivity index (χ1) is 11.7. The number of rotatable bonds is 4. The number of hydrogen-bond donors (Lipinski definition) is 2. The molecule has 4 heteroatoms. The van der Waals surface area contributed by atoms with E-state index in [2.05, 4.69) is 5.32 Å². The van der Waals surface area contributed by atoms with Crippen LogP contribution in [0.25, 0.3) is 0 Å². The predicted octanol–water partition coefficient (Wildman–Crippen LogP) is 3.88. The molecular weight excluding hydrogens is 302 g/mol. The lowest BCUT2D eigenvalue weighted by Crippen LogP contribution is -2.17. The Morgan fingerprint density at radius 3 is 2.00 bits per heavy atom. The molecule has 0 bridgehead atoms. The first-order valence-electron chi connectivity index (χ1n) is 7.45. The van der Waals surface area contributed by atoms with Gasteiger partial charge in [0.15, 0.2) is 5.78 Å². The zero-order valence-electron chi connectivity index (χ0n) is 12.8. The third-order valence-electron chi connectivity index (χ3n) is 3.60. The topological polar surface area (TPSA) is 66.4 Å². The number of phenols is 1. The van der Waals surface area contributed by atoms with Crippen molar-refractivity contribution < 1.29 is 14.7 Å². The molecule has 4 nitrogen and oxygen atoms in total. The van der Waals surface area contributed by atoms with Crippen molar-refractivity contribution in [2.45, 2.75) is 0 Å². The SMILES string of the molecule is O=C(Nc1ccccc1O)c1ccccc1C(=O)c1ccccc1. The van der Waals surface area contributed by atoms with Crippen molar-refractivity contribution in [2.75, 3.05) is 5.32 Å². The number of phenolic OH excluding ortho intramolecular Hbond substituents is 1. The molecule has 1 amide bonds. The highest BCUT2D eigenvalue weighted by Crippen LogP contribution is 2.23. The van der Waals surface area contributed by atoms with E-state index in [4.69, 9.17) is 0 Å². The van der Waals surface area contributed by atoms with E-state index in [-0.39, 0.29) is 17.1 Å². The van der Waals surface area contributed by atoms with Crippen molar-refractivity contribution in [3.05, 3.63) is 95.6 Å². The first-order valence-corrected chi connectivity index (χ1v) is 7.45. The maximum Gasteiger partial charge on any atom is 0.256 e. The average molecular weight is 317 g/mol. The summed E-state index contributed by atoms with van der Waals surface area (Å²) in [6, 6.07) is 21.9. The van der Waals surface area contributed by atoms with Crippen LogP contribution in [-0.2, 0) is 0 Å². The average Bonchev–Trinajstić information content (AvgIpc) is 2.63. The van der Waals surface area contributed by atoms with E-state index in [1.165, 1.54) is 6.07 Å². The van der Waals surface area contributed by atoms with Crippen molar-refractivity contribution in [1.29, 1.82) is 0 Å². The minimum Gasteiger partial charge on any atom is -0.506 e. The summed E-state index contributed by atoms with van der Waals surface area (Å²) in [5.74, 6) is -0.701. The molecule has 3 aromatic carbocycles. The van der Waals surface area contributed by atoms with Crippen LogP contribution in [0.5, 0.6) is 5.75 Å². The van der Waals surface area contributed by atoms with Gasteiger partial charge in [0, 0.05) is 11.1 Å². The van der Waals surface area contributed by atoms with Gasteiger partial charge in [-0.25, -0.2) is 0 Å². The molecule has 24 heavy (non-hydrogen) atoms. The van der Waals surface area contributed by atoms with Crippen molar-refractivity contribution in [1.82, 2.24) is 0 Å². The number of nitrogens with one attached hydrogen (secondary N) is 1. The molecule has 0 heterocycles. The van der Waals surface area contributed by atoms with Crippen molar-refractivity contribution >= 4 is 17.4 Å². The summed E-state index contributed by atoms with van der Waals surface area (Å²) in [4.78, 5) is 25.2. The molecule has 0 saturated carbocycles. The van der Waals surface area contributed by atoms with E-state index in [0.29, 0.717) is 16.8 Å². The lowest BCUT2D eigenvalue weighted by atomic mass is 9.98.